The summed E-state index contributed by atoms with van der Waals surface area (Å²) in [5.41, 5.74) is 4.04. The van der Waals surface area contributed by atoms with Crippen molar-refractivity contribution < 1.29 is 9.21 Å². The summed E-state index contributed by atoms with van der Waals surface area (Å²) < 4.78 is 5.72. The second-order valence-electron chi connectivity index (χ2n) is 6.89. The molecule has 1 N–H and O–H groups in total. The van der Waals surface area contributed by atoms with E-state index in [1.807, 2.05) is 56.3 Å². The molecule has 0 fully saturated rings. The van der Waals surface area contributed by atoms with Gasteiger partial charge in [0, 0.05) is 11.3 Å². The highest BCUT2D eigenvalue weighted by Gasteiger charge is 2.20. The molecule has 0 saturated carbocycles. The van der Waals surface area contributed by atoms with Crippen LogP contribution in [0.2, 0.25) is 0 Å². The van der Waals surface area contributed by atoms with Crippen LogP contribution in [0.4, 0.5) is 5.69 Å². The monoisotopic (exact) mass is 395 g/mol. The van der Waals surface area contributed by atoms with Crippen molar-refractivity contribution in [3.63, 3.8) is 0 Å². The third-order valence-corrected chi connectivity index (χ3v) is 5.65. The minimum Gasteiger partial charge on any atom is -0.411 e. The molecule has 0 aliphatic heterocycles. The van der Waals surface area contributed by atoms with Gasteiger partial charge in [-0.05, 0) is 49.9 Å². The van der Waals surface area contributed by atoms with Crippen molar-refractivity contribution in [3.05, 3.63) is 59.7 Å². The molecule has 1 heterocycles. The van der Waals surface area contributed by atoms with E-state index in [2.05, 4.69) is 35.4 Å². The van der Waals surface area contributed by atoms with Gasteiger partial charge in [-0.25, -0.2) is 0 Å². The zero-order valence-corrected chi connectivity index (χ0v) is 17.4. The van der Waals surface area contributed by atoms with Gasteiger partial charge >= 0.3 is 0 Å². The summed E-state index contributed by atoms with van der Waals surface area (Å²) in [6, 6.07) is 15.8. The fourth-order valence-electron chi connectivity index (χ4n) is 2.77. The van der Waals surface area contributed by atoms with Crippen LogP contribution in [0.3, 0.4) is 0 Å². The van der Waals surface area contributed by atoms with Crippen LogP contribution in [0.1, 0.15) is 44.2 Å². The number of nitrogens with one attached hydrogen (secondary N) is 1. The summed E-state index contributed by atoms with van der Waals surface area (Å²) in [6.45, 7) is 8.16. The van der Waals surface area contributed by atoms with Crippen LogP contribution in [0.25, 0.3) is 11.5 Å². The Morgan fingerprint density at radius 1 is 1.11 bits per heavy atom. The highest BCUT2D eigenvalue weighted by Crippen LogP contribution is 2.29. The molecule has 0 radical (unpaired) electrons. The number of hydrogen-bond acceptors (Lipinski definition) is 5. The van der Waals surface area contributed by atoms with Gasteiger partial charge in [0.1, 0.15) is 0 Å². The van der Waals surface area contributed by atoms with Crippen LogP contribution in [0, 0.1) is 6.92 Å². The van der Waals surface area contributed by atoms with Gasteiger partial charge in [0.2, 0.25) is 11.8 Å². The molecular weight excluding hydrogens is 370 g/mol. The van der Waals surface area contributed by atoms with Gasteiger partial charge in [0.25, 0.3) is 5.22 Å². The van der Waals surface area contributed by atoms with Crippen molar-refractivity contribution in [2.75, 3.05) is 5.32 Å². The third kappa shape index (κ3) is 4.81. The molecule has 0 saturated heterocycles. The van der Waals surface area contributed by atoms with Crippen molar-refractivity contribution in [3.8, 4) is 11.5 Å². The fourth-order valence-corrected chi connectivity index (χ4v) is 3.45. The Hall–Kier alpha value is -2.60. The number of rotatable bonds is 7. The van der Waals surface area contributed by atoms with Crippen molar-refractivity contribution >= 4 is 23.4 Å². The maximum atomic E-state index is 12.7. The molecule has 5 nitrogen and oxygen atoms in total. The number of carbonyl (C=O) groups excluding carboxylic acids is 1. The van der Waals surface area contributed by atoms with E-state index in [0.29, 0.717) is 17.0 Å². The summed E-state index contributed by atoms with van der Waals surface area (Å²) >= 11 is 1.26. The first-order valence-corrected chi connectivity index (χ1v) is 10.3. The van der Waals surface area contributed by atoms with Crippen molar-refractivity contribution in [1.82, 2.24) is 10.2 Å². The third-order valence-electron chi connectivity index (χ3n) is 4.71. The van der Waals surface area contributed by atoms with E-state index < -0.39 is 0 Å². The van der Waals surface area contributed by atoms with Crippen LogP contribution in [0.5, 0.6) is 0 Å². The Kier molecular flexibility index (Phi) is 6.52. The number of aryl methyl sites for hydroxylation is 1. The Bertz CT molecular complexity index is 937. The Morgan fingerprint density at radius 3 is 2.54 bits per heavy atom. The average Bonchev–Trinajstić information content (AvgIpc) is 3.16. The summed E-state index contributed by atoms with van der Waals surface area (Å²) in [7, 11) is 0. The lowest BCUT2D eigenvalue weighted by molar-refractivity contribution is -0.115. The minimum absolute atomic E-state index is 0.0872. The molecule has 3 rings (SSSR count). The molecule has 0 aliphatic rings. The number of amides is 1. The van der Waals surface area contributed by atoms with Crippen LogP contribution < -0.4 is 5.32 Å². The number of para-hydroxylation sites is 1. The summed E-state index contributed by atoms with van der Waals surface area (Å²) in [5.74, 6) is 0.750. The van der Waals surface area contributed by atoms with E-state index in [9.17, 15) is 4.79 Å². The quantitative estimate of drug-likeness (QED) is 0.521. The molecule has 0 aliphatic carbocycles. The first kappa shape index (κ1) is 20.1. The SMILES string of the molecule is CC[C@H](C)c1ccccc1NC(=O)[C@@H](C)Sc1nnc(-c2ccc(C)cc2)o1. The number of nitrogens with zero attached hydrogens (tertiary/aromatic N) is 2. The predicted molar refractivity (Wildman–Crippen MR) is 114 cm³/mol. The molecule has 146 valence electrons. The number of anilines is 1. The molecule has 3 aromatic rings. The lowest BCUT2D eigenvalue weighted by Gasteiger charge is -2.17. The highest BCUT2D eigenvalue weighted by atomic mass is 32.2. The predicted octanol–water partition coefficient (Wildman–Crippen LogP) is 5.68. The molecule has 0 spiro atoms. The Balaban J connectivity index is 1.66. The number of carbonyl (C=O) groups is 1. The van der Waals surface area contributed by atoms with Crippen LogP contribution in [0.15, 0.2) is 58.2 Å². The summed E-state index contributed by atoms with van der Waals surface area (Å²) in [6.07, 6.45) is 1.01. The van der Waals surface area contributed by atoms with Gasteiger partial charge in [-0.2, -0.15) is 0 Å². The lowest BCUT2D eigenvalue weighted by Crippen LogP contribution is -2.23. The van der Waals surface area contributed by atoms with Crippen molar-refractivity contribution in [2.24, 2.45) is 0 Å². The second kappa shape index (κ2) is 9.06. The van der Waals surface area contributed by atoms with E-state index in [0.717, 1.165) is 23.2 Å². The Morgan fingerprint density at radius 2 is 1.82 bits per heavy atom. The van der Waals surface area contributed by atoms with Crippen LogP contribution in [-0.4, -0.2) is 21.4 Å². The average molecular weight is 396 g/mol. The first-order valence-electron chi connectivity index (χ1n) is 9.45. The van der Waals surface area contributed by atoms with E-state index in [4.69, 9.17) is 4.42 Å². The maximum absolute atomic E-state index is 12.7. The van der Waals surface area contributed by atoms with E-state index in [1.165, 1.54) is 17.3 Å². The van der Waals surface area contributed by atoms with Crippen LogP contribution >= 0.6 is 11.8 Å². The molecule has 1 aromatic heterocycles. The van der Waals surface area contributed by atoms with Crippen molar-refractivity contribution in [2.45, 2.75) is 50.5 Å². The maximum Gasteiger partial charge on any atom is 0.277 e. The topological polar surface area (TPSA) is 68.0 Å². The molecule has 2 atom stereocenters. The molecule has 1 amide bonds. The standard InChI is InChI=1S/C22H25N3O2S/c1-5-15(3)18-8-6-7-9-19(18)23-20(26)16(4)28-22-25-24-21(27-22)17-12-10-14(2)11-13-17/h6-13,15-16H,5H2,1-4H3,(H,23,26)/t15-,16+/m0/s1. The van der Waals surface area contributed by atoms with Gasteiger partial charge in [-0.1, -0.05) is 61.5 Å². The Labute approximate surface area is 170 Å². The normalized spacial score (nSPS) is 13.1. The van der Waals surface area contributed by atoms with E-state index >= 15 is 0 Å². The van der Waals surface area contributed by atoms with Gasteiger partial charge in [0.15, 0.2) is 0 Å². The first-order chi connectivity index (χ1) is 13.5. The summed E-state index contributed by atoms with van der Waals surface area (Å²) in [4.78, 5) is 12.7. The number of thioether (sulfide) groups is 1. The molecule has 2 aromatic carbocycles. The molecule has 0 bridgehead atoms. The molecule has 0 unspecified atom stereocenters. The largest absolute Gasteiger partial charge is 0.411 e. The van der Waals surface area contributed by atoms with Gasteiger partial charge in [-0.3, -0.25) is 4.79 Å². The highest BCUT2D eigenvalue weighted by molar-refractivity contribution is 8.00. The van der Waals surface area contributed by atoms with Gasteiger partial charge in [-0.15, -0.1) is 10.2 Å². The minimum atomic E-state index is -0.365. The zero-order chi connectivity index (χ0) is 20.1. The molecule has 6 heteroatoms. The van der Waals surface area contributed by atoms with E-state index in [-0.39, 0.29) is 11.2 Å². The van der Waals surface area contributed by atoms with Crippen LogP contribution in [-0.2, 0) is 4.79 Å². The molecule has 28 heavy (non-hydrogen) atoms. The number of benzene rings is 2. The lowest BCUT2D eigenvalue weighted by atomic mass is 9.97. The second-order valence-corrected chi connectivity index (χ2v) is 8.18. The fraction of sp³-hybridized carbons (Fsp3) is 0.318. The number of aromatic nitrogens is 2. The smallest absolute Gasteiger partial charge is 0.277 e. The zero-order valence-electron chi connectivity index (χ0n) is 16.6. The van der Waals surface area contributed by atoms with E-state index in [1.54, 1.807) is 0 Å². The van der Waals surface area contributed by atoms with Crippen molar-refractivity contribution in [1.29, 1.82) is 0 Å². The summed E-state index contributed by atoms with van der Waals surface area (Å²) in [5, 5.41) is 11.2. The van der Waals surface area contributed by atoms with Gasteiger partial charge < -0.3 is 9.73 Å². The molecular formula is C22H25N3O2S. The number of hydrogen-bond donors (Lipinski definition) is 1. The van der Waals surface area contributed by atoms with Gasteiger partial charge in [0.05, 0.1) is 5.25 Å².